The highest BCUT2D eigenvalue weighted by Gasteiger charge is 2.25. The number of carbonyl (C=O) groups excluding carboxylic acids is 1. The predicted octanol–water partition coefficient (Wildman–Crippen LogP) is 2.13. The first kappa shape index (κ1) is 11.6. The largest absolute Gasteiger partial charge is 0.497 e. The fourth-order valence-corrected chi connectivity index (χ4v) is 1.82. The van der Waals surface area contributed by atoms with Crippen molar-refractivity contribution in [3.8, 4) is 0 Å². The molecule has 0 spiro atoms. The average Bonchev–Trinajstić information content (AvgIpc) is 2.55. The Balaban J connectivity index is 2.61. The van der Waals surface area contributed by atoms with Crippen molar-refractivity contribution < 1.29 is 17.7 Å². The number of hydrogen-bond donors (Lipinski definition) is 1. The van der Waals surface area contributed by atoms with E-state index in [2.05, 4.69) is 0 Å². The molecule has 17 heavy (non-hydrogen) atoms. The normalized spacial score (nSPS) is 11.9. The molecule has 0 aliphatic carbocycles. The molecule has 0 aliphatic rings. The molecule has 0 saturated heterocycles. The molecule has 90 valence electrons. The number of aromatic nitrogens is 1. The van der Waals surface area contributed by atoms with E-state index >= 15 is 0 Å². The Morgan fingerprint density at radius 3 is 2.53 bits per heavy atom. The molecule has 1 aromatic heterocycles. The van der Waals surface area contributed by atoms with Crippen LogP contribution in [0, 0.1) is 0 Å². The summed E-state index contributed by atoms with van der Waals surface area (Å²) in [7, 11) is 0. The van der Waals surface area contributed by atoms with Gasteiger partial charge in [-0.2, -0.15) is 0 Å². The number of primary amides is 1. The van der Waals surface area contributed by atoms with Gasteiger partial charge >= 0.3 is 6.98 Å². The van der Waals surface area contributed by atoms with Gasteiger partial charge in [-0.05, 0) is 12.5 Å². The molecule has 0 saturated carbocycles. The monoisotopic (exact) mass is 241 g/mol. The van der Waals surface area contributed by atoms with Crippen LogP contribution in [0.3, 0.4) is 0 Å². The number of halogens is 3. The molecule has 2 rings (SSSR count). The summed E-state index contributed by atoms with van der Waals surface area (Å²) in [5, 5.41) is 0.444. The van der Waals surface area contributed by atoms with Crippen molar-refractivity contribution in [2.75, 3.05) is 0 Å². The number of nitrogens with zero attached hydrogens (tertiary/aromatic N) is 1. The molecule has 1 amide bonds. The maximum atomic E-state index is 12.4. The summed E-state index contributed by atoms with van der Waals surface area (Å²) in [4.78, 5) is 11.1. The second kappa shape index (κ2) is 3.83. The van der Waals surface area contributed by atoms with E-state index in [1.165, 1.54) is 6.07 Å². The number of amides is 1. The Morgan fingerprint density at radius 2 is 1.94 bits per heavy atom. The van der Waals surface area contributed by atoms with Crippen LogP contribution in [0.25, 0.3) is 10.9 Å². The highest BCUT2D eigenvalue weighted by Crippen LogP contribution is 2.23. The van der Waals surface area contributed by atoms with Gasteiger partial charge in [0.15, 0.2) is 0 Å². The number of carbonyl (C=O) groups is 1. The summed E-state index contributed by atoms with van der Waals surface area (Å²) in [5.41, 5.74) is 5.60. The molecule has 0 bridgehead atoms. The van der Waals surface area contributed by atoms with Crippen LogP contribution in [0.1, 0.15) is 10.4 Å². The third-order valence-corrected chi connectivity index (χ3v) is 2.46. The summed E-state index contributed by atoms with van der Waals surface area (Å²) >= 11 is 0. The van der Waals surface area contributed by atoms with Crippen LogP contribution in [0.15, 0.2) is 30.5 Å². The Kier molecular flexibility index (Phi) is 2.61. The van der Waals surface area contributed by atoms with E-state index in [0.29, 0.717) is 10.9 Å². The van der Waals surface area contributed by atoms with Gasteiger partial charge in [-0.3, -0.25) is 4.79 Å². The number of benzene rings is 1. The van der Waals surface area contributed by atoms with Crippen molar-refractivity contribution >= 4 is 23.8 Å². The minimum absolute atomic E-state index is 0.112. The Hall–Kier alpha value is -1.92. The number of nitrogens with two attached hydrogens (primary N) is 1. The van der Waals surface area contributed by atoms with Gasteiger partial charge in [0, 0.05) is 17.1 Å². The van der Waals surface area contributed by atoms with Gasteiger partial charge in [0.25, 0.3) is 5.91 Å². The maximum absolute atomic E-state index is 12.4. The lowest BCUT2D eigenvalue weighted by molar-refractivity contribution is 0.100. The molecular formula is C10H9BF3N2O-. The number of para-hydroxylation sites is 1. The van der Waals surface area contributed by atoms with Gasteiger partial charge in [-0.15, -0.1) is 0 Å². The molecule has 0 aliphatic heterocycles. The van der Waals surface area contributed by atoms with Gasteiger partial charge < -0.3 is 23.2 Å². The van der Waals surface area contributed by atoms with Crippen LogP contribution in [0.2, 0.25) is 0 Å². The standard InChI is InChI=1S/C10H9BF3N2O/c12-11(13,14)6-16-5-8(10(15)17)7-3-1-2-4-9(7)16/h1-5H,6H2,(H2,15,17)/q-1. The van der Waals surface area contributed by atoms with Gasteiger partial charge in [-0.1, -0.05) is 18.2 Å². The Labute approximate surface area is 95.1 Å². The molecule has 1 heterocycles. The molecule has 2 N–H and O–H groups in total. The van der Waals surface area contributed by atoms with Gasteiger partial charge in [-0.25, -0.2) is 0 Å². The maximum Gasteiger partial charge on any atom is 0.497 e. The fraction of sp³-hybridized carbons (Fsp3) is 0.100. The van der Waals surface area contributed by atoms with Gasteiger partial charge in [0.2, 0.25) is 0 Å². The fourth-order valence-electron chi connectivity index (χ4n) is 1.82. The third kappa shape index (κ3) is 2.27. The van der Waals surface area contributed by atoms with Crippen molar-refractivity contribution in [1.82, 2.24) is 4.57 Å². The zero-order valence-electron chi connectivity index (χ0n) is 8.74. The van der Waals surface area contributed by atoms with Crippen molar-refractivity contribution in [3.63, 3.8) is 0 Å². The summed E-state index contributed by atoms with van der Waals surface area (Å²) in [5.74, 6) is -0.727. The molecule has 0 atom stereocenters. The molecule has 0 radical (unpaired) electrons. The summed E-state index contributed by atoms with van der Waals surface area (Å²) in [6.07, 6.45) is 0.0794. The quantitative estimate of drug-likeness (QED) is 0.822. The number of hydrogen-bond acceptors (Lipinski definition) is 1. The minimum atomic E-state index is -4.96. The van der Waals surface area contributed by atoms with E-state index in [9.17, 15) is 17.7 Å². The van der Waals surface area contributed by atoms with Gasteiger partial charge in [0.05, 0.1) is 5.56 Å². The highest BCUT2D eigenvalue weighted by molar-refractivity contribution is 6.57. The van der Waals surface area contributed by atoms with Crippen LogP contribution in [0.5, 0.6) is 0 Å². The lowest BCUT2D eigenvalue weighted by Crippen LogP contribution is -2.23. The zero-order chi connectivity index (χ0) is 12.6. The topological polar surface area (TPSA) is 48.0 Å². The smallest absolute Gasteiger partial charge is 0.448 e. The molecule has 7 heteroatoms. The molecule has 2 aromatic rings. The van der Waals surface area contributed by atoms with E-state index in [0.717, 1.165) is 10.8 Å². The van der Waals surface area contributed by atoms with Crippen LogP contribution in [0.4, 0.5) is 12.9 Å². The van der Waals surface area contributed by atoms with E-state index in [4.69, 9.17) is 5.73 Å². The lowest BCUT2D eigenvalue weighted by atomic mass is 9.92. The first-order valence-electron chi connectivity index (χ1n) is 4.97. The van der Waals surface area contributed by atoms with Crippen LogP contribution in [-0.4, -0.2) is 17.5 Å². The highest BCUT2D eigenvalue weighted by atomic mass is 19.4. The average molecular weight is 241 g/mol. The Bertz CT molecular complexity index is 576. The predicted molar refractivity (Wildman–Crippen MR) is 59.5 cm³/mol. The van der Waals surface area contributed by atoms with E-state index < -0.39 is 19.3 Å². The van der Waals surface area contributed by atoms with Crippen molar-refractivity contribution in [1.29, 1.82) is 0 Å². The third-order valence-electron chi connectivity index (χ3n) is 2.46. The first-order chi connectivity index (χ1) is 7.88. The molecular weight excluding hydrogens is 232 g/mol. The number of fused-ring (bicyclic) bond motifs is 1. The second-order valence-electron chi connectivity index (χ2n) is 3.79. The molecule has 0 unspecified atom stereocenters. The van der Waals surface area contributed by atoms with E-state index in [1.54, 1.807) is 18.2 Å². The van der Waals surface area contributed by atoms with Gasteiger partial charge in [0.1, 0.15) is 0 Å². The zero-order valence-corrected chi connectivity index (χ0v) is 8.74. The minimum Gasteiger partial charge on any atom is -0.448 e. The first-order valence-corrected chi connectivity index (χ1v) is 4.97. The molecule has 0 fully saturated rings. The summed E-state index contributed by atoms with van der Waals surface area (Å²) < 4.78 is 38.2. The number of rotatable bonds is 3. The van der Waals surface area contributed by atoms with E-state index in [-0.39, 0.29) is 5.56 Å². The summed E-state index contributed by atoms with van der Waals surface area (Å²) in [6.45, 7) is -4.96. The molecule has 1 aromatic carbocycles. The van der Waals surface area contributed by atoms with Crippen LogP contribution < -0.4 is 5.73 Å². The second-order valence-corrected chi connectivity index (χ2v) is 3.79. The van der Waals surface area contributed by atoms with Crippen molar-refractivity contribution in [2.24, 2.45) is 5.73 Å². The van der Waals surface area contributed by atoms with Crippen LogP contribution in [-0.2, 0) is 6.44 Å². The van der Waals surface area contributed by atoms with Crippen LogP contribution >= 0.6 is 0 Å². The van der Waals surface area contributed by atoms with Crippen molar-refractivity contribution in [2.45, 2.75) is 6.44 Å². The lowest BCUT2D eigenvalue weighted by Gasteiger charge is -2.15. The SMILES string of the molecule is NC(=O)c1cn(C[B-](F)(F)F)c2ccccc12. The molecule has 3 nitrogen and oxygen atoms in total. The van der Waals surface area contributed by atoms with E-state index in [1.807, 2.05) is 0 Å². The van der Waals surface area contributed by atoms with Crippen molar-refractivity contribution in [3.05, 3.63) is 36.0 Å². The summed E-state index contributed by atoms with van der Waals surface area (Å²) in [6, 6.07) is 6.38. The Morgan fingerprint density at radius 1 is 1.29 bits per heavy atom.